The van der Waals surface area contributed by atoms with Gasteiger partial charge in [-0.3, -0.25) is 9.89 Å². The Bertz CT molecular complexity index is 1170. The number of aromatic nitrogens is 3. The van der Waals surface area contributed by atoms with Gasteiger partial charge in [0.25, 0.3) is 0 Å². The van der Waals surface area contributed by atoms with Gasteiger partial charge in [-0.05, 0) is 35.9 Å². The maximum Gasteiger partial charge on any atom is 0.313 e. The lowest BCUT2D eigenvalue weighted by Gasteiger charge is -2.11. The van der Waals surface area contributed by atoms with Crippen LogP contribution in [0.3, 0.4) is 0 Å². The van der Waals surface area contributed by atoms with Gasteiger partial charge in [0.05, 0.1) is 12.9 Å². The highest BCUT2D eigenvalue weighted by atomic mass is 32.2. The number of aliphatic carboxylic acids is 1. The lowest BCUT2D eigenvalue weighted by atomic mass is 10.1. The Labute approximate surface area is 182 Å². The van der Waals surface area contributed by atoms with Crippen LogP contribution < -0.4 is 9.47 Å². The van der Waals surface area contributed by atoms with Crippen LogP contribution >= 0.6 is 11.8 Å². The van der Waals surface area contributed by atoms with Gasteiger partial charge in [0.2, 0.25) is 5.16 Å². The molecule has 0 saturated heterocycles. The van der Waals surface area contributed by atoms with Crippen molar-refractivity contribution in [3.8, 4) is 34.4 Å². The van der Waals surface area contributed by atoms with E-state index in [2.05, 4.69) is 15.2 Å². The fourth-order valence-electron chi connectivity index (χ4n) is 2.84. The molecule has 2 N–H and O–H groups in total. The van der Waals surface area contributed by atoms with Crippen molar-refractivity contribution in [2.45, 2.75) is 11.8 Å². The Kier molecular flexibility index (Phi) is 6.23. The number of hydrogen-bond donors (Lipinski definition) is 2. The summed E-state index contributed by atoms with van der Waals surface area (Å²) in [5.41, 5.74) is 1.88. The van der Waals surface area contributed by atoms with Gasteiger partial charge in [-0.25, -0.2) is 0 Å². The molecule has 0 saturated carbocycles. The van der Waals surface area contributed by atoms with Crippen LogP contribution in [0.5, 0.6) is 11.5 Å². The standard InChI is InChI=1S/C22H19N3O5S/c1-28-19-11-15(7-8-17(19)29-12-14-5-3-2-4-6-14)16-9-10-18(30-16)21-23-22(25-24-21)31-13-20(26)27/h2-11H,12-13H2,1H3,(H,26,27)(H,23,24,25). The van der Waals surface area contributed by atoms with Crippen molar-refractivity contribution < 1.29 is 23.8 Å². The number of hydrogen-bond acceptors (Lipinski definition) is 7. The third-order valence-corrected chi connectivity index (χ3v) is 5.15. The monoisotopic (exact) mass is 437 g/mol. The molecule has 0 aliphatic rings. The van der Waals surface area contributed by atoms with Crippen molar-refractivity contribution in [2.75, 3.05) is 12.9 Å². The van der Waals surface area contributed by atoms with E-state index in [1.54, 1.807) is 13.2 Å². The first-order valence-corrected chi connectivity index (χ1v) is 10.3. The van der Waals surface area contributed by atoms with Crippen LogP contribution in [0.25, 0.3) is 22.9 Å². The Hall–Kier alpha value is -3.72. The number of carboxylic acid groups (broad SMARTS) is 1. The summed E-state index contributed by atoms with van der Waals surface area (Å²) in [6, 6.07) is 19.1. The molecule has 0 bridgehead atoms. The molecule has 8 nitrogen and oxygen atoms in total. The number of thioether (sulfide) groups is 1. The first-order chi connectivity index (χ1) is 15.1. The van der Waals surface area contributed by atoms with Crippen LogP contribution in [0.4, 0.5) is 0 Å². The summed E-state index contributed by atoms with van der Waals surface area (Å²) in [6.07, 6.45) is 0. The van der Waals surface area contributed by atoms with E-state index in [0.717, 1.165) is 22.9 Å². The molecular formula is C22H19N3O5S. The fourth-order valence-corrected chi connectivity index (χ4v) is 3.36. The largest absolute Gasteiger partial charge is 0.493 e. The molecule has 158 valence electrons. The molecule has 0 unspecified atom stereocenters. The molecule has 0 spiro atoms. The van der Waals surface area contributed by atoms with Crippen LogP contribution in [0.15, 0.2) is 70.2 Å². The number of furan rings is 1. The van der Waals surface area contributed by atoms with E-state index >= 15 is 0 Å². The number of aromatic amines is 1. The lowest BCUT2D eigenvalue weighted by Crippen LogP contribution is -1.97. The fraction of sp³-hybridized carbons (Fsp3) is 0.136. The number of nitrogens with zero attached hydrogens (tertiary/aromatic N) is 2. The van der Waals surface area contributed by atoms with Gasteiger partial charge in [0.15, 0.2) is 23.1 Å². The van der Waals surface area contributed by atoms with Gasteiger partial charge in [-0.15, -0.1) is 5.10 Å². The number of H-pyrrole nitrogens is 1. The zero-order valence-electron chi connectivity index (χ0n) is 16.6. The highest BCUT2D eigenvalue weighted by molar-refractivity contribution is 7.99. The maximum atomic E-state index is 10.7. The SMILES string of the molecule is COc1cc(-c2ccc(-c3nc(SCC(=O)O)n[nH]3)o2)ccc1OCc1ccccc1. The second-order valence-corrected chi connectivity index (χ2v) is 7.40. The summed E-state index contributed by atoms with van der Waals surface area (Å²) in [4.78, 5) is 14.9. The van der Waals surface area contributed by atoms with E-state index in [4.69, 9.17) is 19.0 Å². The number of rotatable bonds is 9. The van der Waals surface area contributed by atoms with Crippen molar-refractivity contribution in [2.24, 2.45) is 0 Å². The van der Waals surface area contributed by atoms with E-state index in [1.807, 2.05) is 54.6 Å². The minimum Gasteiger partial charge on any atom is -0.493 e. The van der Waals surface area contributed by atoms with E-state index in [1.165, 1.54) is 0 Å². The lowest BCUT2D eigenvalue weighted by molar-refractivity contribution is -0.133. The van der Waals surface area contributed by atoms with Gasteiger partial charge < -0.3 is 19.0 Å². The molecule has 2 aromatic carbocycles. The van der Waals surface area contributed by atoms with E-state index in [-0.39, 0.29) is 5.75 Å². The molecule has 2 heterocycles. The number of methoxy groups -OCH3 is 1. The smallest absolute Gasteiger partial charge is 0.313 e. The number of carbonyl (C=O) groups is 1. The van der Waals surface area contributed by atoms with Gasteiger partial charge in [0.1, 0.15) is 12.4 Å². The molecule has 0 fully saturated rings. The summed E-state index contributed by atoms with van der Waals surface area (Å²) in [5, 5.41) is 15.9. The Morgan fingerprint density at radius 2 is 1.90 bits per heavy atom. The molecule has 0 amide bonds. The summed E-state index contributed by atoms with van der Waals surface area (Å²) in [6.45, 7) is 0.440. The highest BCUT2D eigenvalue weighted by Crippen LogP contribution is 2.35. The van der Waals surface area contributed by atoms with Crippen molar-refractivity contribution >= 4 is 17.7 Å². The summed E-state index contributed by atoms with van der Waals surface area (Å²) in [7, 11) is 1.59. The van der Waals surface area contributed by atoms with Gasteiger partial charge >= 0.3 is 5.97 Å². The van der Waals surface area contributed by atoms with Crippen LogP contribution in [0, 0.1) is 0 Å². The predicted molar refractivity (Wildman–Crippen MR) is 115 cm³/mol. The van der Waals surface area contributed by atoms with Crippen molar-refractivity contribution in [3.63, 3.8) is 0 Å². The molecule has 0 aliphatic carbocycles. The minimum atomic E-state index is -0.929. The van der Waals surface area contributed by atoms with Crippen LogP contribution in [-0.2, 0) is 11.4 Å². The first kappa shape index (κ1) is 20.5. The Morgan fingerprint density at radius 3 is 2.68 bits per heavy atom. The zero-order chi connectivity index (χ0) is 21.6. The molecule has 0 atom stereocenters. The van der Waals surface area contributed by atoms with E-state index < -0.39 is 5.97 Å². The third kappa shape index (κ3) is 5.07. The normalized spacial score (nSPS) is 10.7. The quantitative estimate of drug-likeness (QED) is 0.368. The number of carboxylic acids is 1. The Morgan fingerprint density at radius 1 is 1.10 bits per heavy atom. The Balaban J connectivity index is 1.48. The first-order valence-electron chi connectivity index (χ1n) is 9.34. The van der Waals surface area contributed by atoms with Crippen LogP contribution in [-0.4, -0.2) is 39.1 Å². The molecule has 2 aromatic heterocycles. The molecule has 31 heavy (non-hydrogen) atoms. The van der Waals surface area contributed by atoms with Crippen LogP contribution in [0.2, 0.25) is 0 Å². The molecule has 4 aromatic rings. The zero-order valence-corrected chi connectivity index (χ0v) is 17.4. The molecule has 0 radical (unpaired) electrons. The second-order valence-electron chi connectivity index (χ2n) is 6.45. The molecule has 9 heteroatoms. The van der Waals surface area contributed by atoms with E-state index in [9.17, 15) is 4.79 Å². The number of ether oxygens (including phenoxy) is 2. The average Bonchev–Trinajstić information content (AvgIpc) is 3.46. The van der Waals surface area contributed by atoms with E-state index in [0.29, 0.717) is 40.6 Å². The topological polar surface area (TPSA) is 110 Å². The summed E-state index contributed by atoms with van der Waals surface area (Å²) >= 11 is 1.03. The summed E-state index contributed by atoms with van der Waals surface area (Å²) in [5.74, 6) is 1.73. The van der Waals surface area contributed by atoms with Crippen molar-refractivity contribution in [1.82, 2.24) is 15.2 Å². The third-order valence-electron chi connectivity index (χ3n) is 4.31. The van der Waals surface area contributed by atoms with Crippen molar-refractivity contribution in [3.05, 3.63) is 66.2 Å². The average molecular weight is 437 g/mol. The molecule has 0 aliphatic heterocycles. The molecular weight excluding hydrogens is 418 g/mol. The number of benzene rings is 2. The predicted octanol–water partition coefficient (Wildman–Crippen LogP) is 4.50. The molecule has 4 rings (SSSR count). The number of nitrogens with one attached hydrogen (secondary N) is 1. The van der Waals surface area contributed by atoms with Gasteiger partial charge in [-0.1, -0.05) is 42.1 Å². The minimum absolute atomic E-state index is 0.112. The van der Waals surface area contributed by atoms with Gasteiger partial charge in [-0.2, -0.15) is 4.98 Å². The van der Waals surface area contributed by atoms with Crippen molar-refractivity contribution in [1.29, 1.82) is 0 Å². The second kappa shape index (κ2) is 9.40. The summed E-state index contributed by atoms with van der Waals surface area (Å²) < 4.78 is 17.3. The highest BCUT2D eigenvalue weighted by Gasteiger charge is 2.14. The van der Waals surface area contributed by atoms with Gasteiger partial charge in [0, 0.05) is 5.56 Å². The maximum absolute atomic E-state index is 10.7. The van der Waals surface area contributed by atoms with Crippen LogP contribution in [0.1, 0.15) is 5.56 Å².